The fourth-order valence-electron chi connectivity index (χ4n) is 0.838. The molecule has 0 heterocycles. The molecule has 0 rings (SSSR count). The standard InChI is InChI=1S/C7H18OSi2/c1-3-4-5-6-7-10(2)8-9/h3,10H,1,4-7H2,2,9H3. The molecule has 0 aromatic carbocycles. The van der Waals surface area contributed by atoms with Gasteiger partial charge < -0.3 is 4.12 Å². The zero-order valence-corrected chi connectivity index (χ0v) is 10.3. The number of unbranched alkanes of at least 4 members (excludes halogenated alkanes) is 2. The lowest BCUT2D eigenvalue weighted by molar-refractivity contribution is 0.624. The Morgan fingerprint density at radius 3 is 2.80 bits per heavy atom. The van der Waals surface area contributed by atoms with Crippen LogP contribution in [-0.2, 0) is 4.12 Å². The average molecular weight is 174 g/mol. The first-order valence-corrected chi connectivity index (χ1v) is 7.21. The lowest BCUT2D eigenvalue weighted by Gasteiger charge is -2.05. The van der Waals surface area contributed by atoms with Crippen molar-refractivity contribution >= 4 is 19.5 Å². The highest BCUT2D eigenvalue weighted by atomic mass is 28.3. The molecule has 0 saturated heterocycles. The summed E-state index contributed by atoms with van der Waals surface area (Å²) in [4.78, 5) is 0. The van der Waals surface area contributed by atoms with E-state index < -0.39 is 9.04 Å². The van der Waals surface area contributed by atoms with Crippen molar-refractivity contribution in [2.24, 2.45) is 0 Å². The van der Waals surface area contributed by atoms with E-state index in [1.54, 1.807) is 0 Å². The Morgan fingerprint density at radius 2 is 2.30 bits per heavy atom. The van der Waals surface area contributed by atoms with Gasteiger partial charge in [0.1, 0.15) is 10.5 Å². The minimum Gasteiger partial charge on any atom is -0.466 e. The zero-order valence-electron chi connectivity index (χ0n) is 7.10. The number of allylic oxidation sites excluding steroid dienone is 1. The predicted octanol–water partition coefficient (Wildman–Crippen LogP) is 0.993. The third kappa shape index (κ3) is 6.26. The average Bonchev–Trinajstić information content (AvgIpc) is 1.98. The van der Waals surface area contributed by atoms with Crippen molar-refractivity contribution in [1.82, 2.24) is 0 Å². The maximum atomic E-state index is 5.38. The minimum atomic E-state index is -0.697. The fraction of sp³-hybridized carbons (Fsp3) is 0.714. The van der Waals surface area contributed by atoms with E-state index in [0.29, 0.717) is 0 Å². The van der Waals surface area contributed by atoms with Gasteiger partial charge in [-0.1, -0.05) is 18.9 Å². The van der Waals surface area contributed by atoms with E-state index in [1.807, 2.05) is 6.08 Å². The molecule has 0 aromatic heterocycles. The van der Waals surface area contributed by atoms with Gasteiger partial charge in [-0.05, 0) is 19.0 Å². The van der Waals surface area contributed by atoms with Gasteiger partial charge in [0.15, 0.2) is 9.04 Å². The van der Waals surface area contributed by atoms with Crippen LogP contribution in [0.15, 0.2) is 12.7 Å². The molecule has 0 N–H and O–H groups in total. The second kappa shape index (κ2) is 7.24. The molecule has 0 aliphatic rings. The van der Waals surface area contributed by atoms with Crippen molar-refractivity contribution in [2.45, 2.75) is 31.9 Å². The van der Waals surface area contributed by atoms with Gasteiger partial charge in [-0.25, -0.2) is 0 Å². The van der Waals surface area contributed by atoms with E-state index in [1.165, 1.54) is 25.3 Å². The summed E-state index contributed by atoms with van der Waals surface area (Å²) in [6, 6.07) is 1.34. The van der Waals surface area contributed by atoms with Crippen LogP contribution in [0.5, 0.6) is 0 Å². The summed E-state index contributed by atoms with van der Waals surface area (Å²) in [5.74, 6) is 0. The molecule has 1 atom stereocenters. The van der Waals surface area contributed by atoms with Gasteiger partial charge in [-0.2, -0.15) is 0 Å². The molecule has 10 heavy (non-hydrogen) atoms. The summed E-state index contributed by atoms with van der Waals surface area (Å²) >= 11 is 0. The summed E-state index contributed by atoms with van der Waals surface area (Å²) in [5.41, 5.74) is 0. The molecule has 0 aliphatic carbocycles. The van der Waals surface area contributed by atoms with Gasteiger partial charge >= 0.3 is 0 Å². The minimum absolute atomic E-state index is 0.697. The first-order valence-electron chi connectivity index (χ1n) is 3.95. The molecule has 0 aromatic rings. The Balaban J connectivity index is 2.95. The lowest BCUT2D eigenvalue weighted by Crippen LogP contribution is -2.09. The third-order valence-electron chi connectivity index (χ3n) is 1.67. The summed E-state index contributed by atoms with van der Waals surface area (Å²) in [6.07, 6.45) is 5.80. The monoisotopic (exact) mass is 174 g/mol. The molecule has 0 saturated carbocycles. The van der Waals surface area contributed by atoms with Crippen LogP contribution in [0.3, 0.4) is 0 Å². The number of hydrogen-bond donors (Lipinski definition) is 0. The van der Waals surface area contributed by atoms with Gasteiger partial charge in [0.2, 0.25) is 0 Å². The molecule has 1 nitrogen and oxygen atoms in total. The number of rotatable bonds is 6. The molecule has 0 bridgehead atoms. The van der Waals surface area contributed by atoms with Crippen LogP contribution in [0.4, 0.5) is 0 Å². The fourth-order valence-corrected chi connectivity index (χ4v) is 2.64. The van der Waals surface area contributed by atoms with E-state index >= 15 is 0 Å². The maximum Gasteiger partial charge on any atom is 0.159 e. The lowest BCUT2D eigenvalue weighted by atomic mass is 10.2. The smallest absolute Gasteiger partial charge is 0.159 e. The largest absolute Gasteiger partial charge is 0.466 e. The molecule has 0 amide bonds. The molecule has 3 heteroatoms. The van der Waals surface area contributed by atoms with Crippen molar-refractivity contribution in [1.29, 1.82) is 0 Å². The first-order chi connectivity index (χ1) is 4.81. The molecule has 1 unspecified atom stereocenters. The summed E-state index contributed by atoms with van der Waals surface area (Å²) in [5, 5.41) is 0. The molecule has 0 radical (unpaired) electrons. The maximum absolute atomic E-state index is 5.38. The molecule has 0 fully saturated rings. The molecule has 0 spiro atoms. The SMILES string of the molecule is C=CCCCC[SiH](C)O[SiH3]. The van der Waals surface area contributed by atoms with Crippen molar-refractivity contribution in [3.05, 3.63) is 12.7 Å². The van der Waals surface area contributed by atoms with Gasteiger partial charge in [0, 0.05) is 0 Å². The van der Waals surface area contributed by atoms with E-state index in [9.17, 15) is 0 Å². The van der Waals surface area contributed by atoms with Crippen molar-refractivity contribution in [2.75, 3.05) is 0 Å². The van der Waals surface area contributed by atoms with Crippen LogP contribution in [0.2, 0.25) is 12.6 Å². The molecular formula is C7H18OSi2. The van der Waals surface area contributed by atoms with E-state index in [2.05, 4.69) is 13.1 Å². The summed E-state index contributed by atoms with van der Waals surface area (Å²) < 4.78 is 5.38. The quantitative estimate of drug-likeness (QED) is 0.332. The van der Waals surface area contributed by atoms with Gasteiger partial charge in [-0.15, -0.1) is 6.58 Å². The molecular weight excluding hydrogens is 156 g/mol. The highest BCUT2D eigenvalue weighted by Gasteiger charge is 1.98. The third-order valence-corrected chi connectivity index (χ3v) is 6.11. The van der Waals surface area contributed by atoms with Crippen LogP contribution in [0.25, 0.3) is 0 Å². The Labute approximate surface area is 68.7 Å². The topological polar surface area (TPSA) is 9.23 Å². The first kappa shape index (κ1) is 10.1. The van der Waals surface area contributed by atoms with E-state index in [-0.39, 0.29) is 0 Å². The van der Waals surface area contributed by atoms with Gasteiger partial charge in [0.05, 0.1) is 0 Å². The Hall–Kier alpha value is 0.134. The van der Waals surface area contributed by atoms with Crippen molar-refractivity contribution in [3.63, 3.8) is 0 Å². The van der Waals surface area contributed by atoms with Crippen LogP contribution < -0.4 is 0 Å². The van der Waals surface area contributed by atoms with Gasteiger partial charge in [-0.3, -0.25) is 0 Å². The predicted molar refractivity (Wildman–Crippen MR) is 52.9 cm³/mol. The summed E-state index contributed by atoms with van der Waals surface area (Å²) in [6.45, 7) is 5.96. The van der Waals surface area contributed by atoms with Crippen molar-refractivity contribution in [3.8, 4) is 0 Å². The highest BCUT2D eigenvalue weighted by molar-refractivity contribution is 6.54. The second-order valence-electron chi connectivity index (χ2n) is 2.62. The van der Waals surface area contributed by atoms with E-state index in [4.69, 9.17) is 4.12 Å². The van der Waals surface area contributed by atoms with Crippen LogP contribution >= 0.6 is 0 Å². The van der Waals surface area contributed by atoms with Crippen LogP contribution in [0.1, 0.15) is 19.3 Å². The Bertz CT molecular complexity index is 85.7. The zero-order chi connectivity index (χ0) is 7.82. The highest BCUT2D eigenvalue weighted by Crippen LogP contribution is 2.04. The van der Waals surface area contributed by atoms with Crippen LogP contribution in [-0.4, -0.2) is 19.5 Å². The Kier molecular flexibility index (Phi) is 7.34. The van der Waals surface area contributed by atoms with Crippen LogP contribution in [0, 0.1) is 0 Å². The molecule has 60 valence electrons. The van der Waals surface area contributed by atoms with E-state index in [0.717, 1.165) is 10.5 Å². The van der Waals surface area contributed by atoms with Crippen molar-refractivity contribution < 1.29 is 4.12 Å². The second-order valence-corrected chi connectivity index (χ2v) is 6.70. The summed E-state index contributed by atoms with van der Waals surface area (Å²) in [7, 11) is 0.237. The van der Waals surface area contributed by atoms with Gasteiger partial charge in [0.25, 0.3) is 0 Å². The number of hydrogen-bond acceptors (Lipinski definition) is 1. The molecule has 0 aliphatic heterocycles. The normalized spacial score (nSPS) is 13.3. The Morgan fingerprint density at radius 1 is 1.60 bits per heavy atom.